The Hall–Kier alpha value is -2.11. The molecular weight excluding hydrogens is 284 g/mol. The van der Waals surface area contributed by atoms with Gasteiger partial charge in [-0.15, -0.1) is 6.42 Å². The lowest BCUT2D eigenvalue weighted by atomic mass is 10.1. The van der Waals surface area contributed by atoms with Gasteiger partial charge in [0.25, 0.3) is 0 Å². The molecule has 0 radical (unpaired) electrons. The van der Waals surface area contributed by atoms with Crippen molar-refractivity contribution in [2.45, 2.75) is 51.5 Å². The van der Waals surface area contributed by atoms with Gasteiger partial charge in [0, 0.05) is 20.8 Å². The highest BCUT2D eigenvalue weighted by molar-refractivity contribution is 5.68. The van der Waals surface area contributed by atoms with Gasteiger partial charge in [-0.05, 0) is 0 Å². The van der Waals surface area contributed by atoms with Gasteiger partial charge in [-0.3, -0.25) is 14.4 Å². The second-order valence-corrected chi connectivity index (χ2v) is 4.34. The smallest absolute Gasteiger partial charge is 0.305 e. The van der Waals surface area contributed by atoms with Crippen LogP contribution in [-0.2, 0) is 33.3 Å². The number of carbonyl (C=O) groups is 3. The van der Waals surface area contributed by atoms with E-state index < -0.39 is 48.6 Å². The molecule has 5 unspecified atom stereocenters. The van der Waals surface area contributed by atoms with E-state index >= 15 is 0 Å². The predicted octanol–water partition coefficient (Wildman–Crippen LogP) is -0.868. The fraction of sp³-hybridized carbons (Fsp3) is 0.615. The Morgan fingerprint density at radius 1 is 1.05 bits per heavy atom. The van der Waals surface area contributed by atoms with E-state index in [-0.39, 0.29) is 0 Å². The molecule has 0 amide bonds. The van der Waals surface area contributed by atoms with E-state index in [9.17, 15) is 19.5 Å². The maximum absolute atomic E-state index is 11.2. The van der Waals surface area contributed by atoms with Crippen molar-refractivity contribution in [1.82, 2.24) is 0 Å². The van der Waals surface area contributed by atoms with Crippen molar-refractivity contribution in [2.24, 2.45) is 0 Å². The van der Waals surface area contributed by atoms with Gasteiger partial charge in [-0.1, -0.05) is 5.92 Å². The standard InChI is InChI=1S/C13H16O8/c1-5-9(17)10-11(18-6(2)14)12(19-7(3)15)13(21-10)20-8(4)16/h1,9-13,17H,2-4H3. The third-order valence-electron chi connectivity index (χ3n) is 2.58. The topological polar surface area (TPSA) is 108 Å². The molecule has 21 heavy (non-hydrogen) atoms. The minimum atomic E-state index is -1.44. The lowest BCUT2D eigenvalue weighted by Gasteiger charge is -2.23. The SMILES string of the molecule is C#CC(O)C1OC(OC(C)=O)C(OC(C)=O)C1OC(C)=O. The summed E-state index contributed by atoms with van der Waals surface area (Å²) in [6.07, 6.45) is -1.26. The van der Waals surface area contributed by atoms with Crippen LogP contribution < -0.4 is 0 Å². The number of hydrogen-bond acceptors (Lipinski definition) is 8. The first kappa shape index (κ1) is 16.9. The Morgan fingerprint density at radius 2 is 1.52 bits per heavy atom. The molecule has 0 saturated carbocycles. The second kappa shape index (κ2) is 7.06. The first-order valence-electron chi connectivity index (χ1n) is 6.07. The molecule has 1 aliphatic heterocycles. The van der Waals surface area contributed by atoms with E-state index in [1.165, 1.54) is 0 Å². The Labute approximate surface area is 121 Å². The highest BCUT2D eigenvalue weighted by Crippen LogP contribution is 2.30. The van der Waals surface area contributed by atoms with E-state index in [1.807, 2.05) is 5.92 Å². The van der Waals surface area contributed by atoms with E-state index in [0.717, 1.165) is 20.8 Å². The average Bonchev–Trinajstić information content (AvgIpc) is 2.65. The molecule has 1 heterocycles. The quantitative estimate of drug-likeness (QED) is 0.405. The minimum absolute atomic E-state index is 0.696. The molecule has 0 bridgehead atoms. The Morgan fingerprint density at radius 3 is 1.95 bits per heavy atom. The van der Waals surface area contributed by atoms with Crippen molar-refractivity contribution in [1.29, 1.82) is 0 Å². The monoisotopic (exact) mass is 300 g/mol. The highest BCUT2D eigenvalue weighted by atomic mass is 16.7. The largest absolute Gasteiger partial charge is 0.455 e. The fourth-order valence-corrected chi connectivity index (χ4v) is 1.90. The molecule has 1 aliphatic rings. The summed E-state index contributed by atoms with van der Waals surface area (Å²) in [6, 6.07) is 0. The number of hydrogen-bond donors (Lipinski definition) is 1. The molecule has 0 spiro atoms. The molecule has 1 N–H and O–H groups in total. The molecule has 0 aliphatic carbocycles. The van der Waals surface area contributed by atoms with Crippen LogP contribution in [0.3, 0.4) is 0 Å². The number of ether oxygens (including phenoxy) is 4. The van der Waals surface area contributed by atoms with Crippen LogP contribution in [0.25, 0.3) is 0 Å². The van der Waals surface area contributed by atoms with Crippen LogP contribution in [-0.4, -0.2) is 53.7 Å². The van der Waals surface area contributed by atoms with Crippen LogP contribution in [0, 0.1) is 12.3 Å². The summed E-state index contributed by atoms with van der Waals surface area (Å²) in [5.74, 6) is -0.0794. The van der Waals surface area contributed by atoms with Gasteiger partial charge >= 0.3 is 17.9 Å². The van der Waals surface area contributed by atoms with Crippen molar-refractivity contribution in [3.8, 4) is 12.3 Å². The zero-order chi connectivity index (χ0) is 16.2. The van der Waals surface area contributed by atoms with Crippen molar-refractivity contribution >= 4 is 17.9 Å². The lowest BCUT2D eigenvalue weighted by molar-refractivity contribution is -0.197. The van der Waals surface area contributed by atoms with E-state index in [0.29, 0.717) is 0 Å². The normalized spacial score (nSPS) is 29.1. The molecule has 1 rings (SSSR count). The average molecular weight is 300 g/mol. The number of aliphatic hydroxyl groups is 1. The highest BCUT2D eigenvalue weighted by Gasteiger charge is 2.53. The molecule has 5 atom stereocenters. The third kappa shape index (κ3) is 4.44. The lowest BCUT2D eigenvalue weighted by Crippen LogP contribution is -2.43. The van der Waals surface area contributed by atoms with Crippen LogP contribution in [0.5, 0.6) is 0 Å². The molecule has 1 saturated heterocycles. The molecule has 8 heteroatoms. The molecular formula is C13H16O8. The number of terminal acetylenes is 1. The fourth-order valence-electron chi connectivity index (χ4n) is 1.90. The van der Waals surface area contributed by atoms with Gasteiger partial charge in [0.2, 0.25) is 12.4 Å². The van der Waals surface area contributed by atoms with E-state index in [1.54, 1.807) is 0 Å². The van der Waals surface area contributed by atoms with Crippen LogP contribution in [0.2, 0.25) is 0 Å². The zero-order valence-electron chi connectivity index (χ0n) is 11.8. The summed E-state index contributed by atoms with van der Waals surface area (Å²) >= 11 is 0. The second-order valence-electron chi connectivity index (χ2n) is 4.34. The van der Waals surface area contributed by atoms with Gasteiger partial charge in [-0.2, -0.15) is 0 Å². The minimum Gasteiger partial charge on any atom is -0.455 e. The Bertz CT molecular complexity index is 465. The van der Waals surface area contributed by atoms with E-state index in [2.05, 4.69) is 0 Å². The van der Waals surface area contributed by atoms with Gasteiger partial charge in [-0.25, -0.2) is 0 Å². The Balaban J connectivity index is 3.06. The molecule has 8 nitrogen and oxygen atoms in total. The predicted molar refractivity (Wildman–Crippen MR) is 66.4 cm³/mol. The van der Waals surface area contributed by atoms with Crippen molar-refractivity contribution in [3.63, 3.8) is 0 Å². The summed E-state index contributed by atoms with van der Waals surface area (Å²) in [5.41, 5.74) is 0. The third-order valence-corrected chi connectivity index (χ3v) is 2.58. The number of aliphatic hydroxyl groups excluding tert-OH is 1. The van der Waals surface area contributed by atoms with Gasteiger partial charge in [0.15, 0.2) is 6.10 Å². The molecule has 116 valence electrons. The number of rotatable bonds is 4. The van der Waals surface area contributed by atoms with Gasteiger partial charge in [0.05, 0.1) is 0 Å². The van der Waals surface area contributed by atoms with Crippen molar-refractivity contribution in [3.05, 3.63) is 0 Å². The zero-order valence-corrected chi connectivity index (χ0v) is 11.8. The number of esters is 3. The van der Waals surface area contributed by atoms with Gasteiger partial charge in [0.1, 0.15) is 12.2 Å². The molecule has 0 aromatic heterocycles. The van der Waals surface area contributed by atoms with E-state index in [4.69, 9.17) is 25.4 Å². The van der Waals surface area contributed by atoms with Crippen molar-refractivity contribution in [2.75, 3.05) is 0 Å². The van der Waals surface area contributed by atoms with Crippen LogP contribution in [0.15, 0.2) is 0 Å². The van der Waals surface area contributed by atoms with Crippen LogP contribution >= 0.6 is 0 Å². The van der Waals surface area contributed by atoms with Gasteiger partial charge < -0.3 is 24.1 Å². The maximum atomic E-state index is 11.2. The molecule has 0 aromatic carbocycles. The first-order chi connectivity index (χ1) is 9.76. The Kier molecular flexibility index (Phi) is 5.69. The van der Waals surface area contributed by atoms with Crippen LogP contribution in [0.1, 0.15) is 20.8 Å². The molecule has 1 fully saturated rings. The molecule has 0 aromatic rings. The number of carbonyl (C=O) groups excluding carboxylic acids is 3. The summed E-state index contributed by atoms with van der Waals surface area (Å²) < 4.78 is 20.1. The summed E-state index contributed by atoms with van der Waals surface area (Å²) in [4.78, 5) is 33.4. The maximum Gasteiger partial charge on any atom is 0.305 e. The van der Waals surface area contributed by atoms with Crippen LogP contribution in [0.4, 0.5) is 0 Å². The summed E-state index contributed by atoms with van der Waals surface area (Å²) in [7, 11) is 0. The summed E-state index contributed by atoms with van der Waals surface area (Å²) in [6.45, 7) is 3.38. The van der Waals surface area contributed by atoms with Crippen molar-refractivity contribution < 1.29 is 38.4 Å². The first-order valence-corrected chi connectivity index (χ1v) is 6.07. The summed E-state index contributed by atoms with van der Waals surface area (Å²) in [5, 5.41) is 9.71.